The lowest BCUT2D eigenvalue weighted by atomic mass is 10.1. The van der Waals surface area contributed by atoms with Crippen LogP contribution in [0.5, 0.6) is 5.75 Å². The monoisotopic (exact) mass is 300 g/mol. The molecule has 22 heavy (non-hydrogen) atoms. The van der Waals surface area contributed by atoms with Crippen molar-refractivity contribution in [3.8, 4) is 5.75 Å². The lowest BCUT2D eigenvalue weighted by Gasteiger charge is -2.15. The lowest BCUT2D eigenvalue weighted by Crippen LogP contribution is -2.28. The first-order chi connectivity index (χ1) is 10.6. The summed E-state index contributed by atoms with van der Waals surface area (Å²) < 4.78 is 5.59. The van der Waals surface area contributed by atoms with Gasteiger partial charge >= 0.3 is 0 Å². The molecule has 2 rings (SSSR count). The Morgan fingerprint density at radius 1 is 1.27 bits per heavy atom. The number of rotatable bonds is 6. The highest BCUT2D eigenvalue weighted by Gasteiger charge is 2.11. The van der Waals surface area contributed by atoms with Crippen LogP contribution in [-0.4, -0.2) is 28.6 Å². The van der Waals surface area contributed by atoms with Crippen molar-refractivity contribution in [3.63, 3.8) is 0 Å². The highest BCUT2D eigenvalue weighted by molar-refractivity contribution is 5.93. The highest BCUT2D eigenvalue weighted by Crippen LogP contribution is 2.20. The molecule has 1 amide bonds. The average Bonchev–Trinajstić information content (AvgIpc) is 2.52. The summed E-state index contributed by atoms with van der Waals surface area (Å²) in [7, 11) is 0. The van der Waals surface area contributed by atoms with E-state index in [1.165, 1.54) is 0 Å². The number of aliphatic hydroxyl groups is 1. The third kappa shape index (κ3) is 4.56. The minimum Gasteiger partial charge on any atom is -0.491 e. The van der Waals surface area contributed by atoms with E-state index < -0.39 is 6.10 Å². The summed E-state index contributed by atoms with van der Waals surface area (Å²) in [6, 6.07) is 10.5. The predicted molar refractivity (Wildman–Crippen MR) is 83.7 cm³/mol. The predicted octanol–water partition coefficient (Wildman–Crippen LogP) is 2.33. The van der Waals surface area contributed by atoms with E-state index >= 15 is 0 Å². The highest BCUT2D eigenvalue weighted by atomic mass is 16.5. The van der Waals surface area contributed by atoms with E-state index in [1.54, 1.807) is 36.7 Å². The van der Waals surface area contributed by atoms with Crippen LogP contribution >= 0.6 is 0 Å². The van der Waals surface area contributed by atoms with Gasteiger partial charge in [0.25, 0.3) is 5.91 Å². The van der Waals surface area contributed by atoms with Crippen molar-refractivity contribution in [3.05, 3.63) is 59.9 Å². The van der Waals surface area contributed by atoms with Gasteiger partial charge in [0.05, 0.1) is 12.2 Å². The van der Waals surface area contributed by atoms with Gasteiger partial charge in [0.15, 0.2) is 0 Å². The Labute approximate surface area is 130 Å². The van der Waals surface area contributed by atoms with Gasteiger partial charge in [0.2, 0.25) is 0 Å². The van der Waals surface area contributed by atoms with Crippen LogP contribution in [0.3, 0.4) is 0 Å². The second kappa shape index (κ2) is 7.56. The quantitative estimate of drug-likeness (QED) is 0.859. The molecule has 116 valence electrons. The van der Waals surface area contributed by atoms with E-state index in [4.69, 9.17) is 4.74 Å². The van der Waals surface area contributed by atoms with Gasteiger partial charge in [-0.25, -0.2) is 0 Å². The number of carbonyl (C=O) groups is 1. The van der Waals surface area contributed by atoms with Crippen LogP contribution in [0.4, 0.5) is 0 Å². The zero-order valence-electron chi connectivity index (χ0n) is 12.7. The van der Waals surface area contributed by atoms with Crippen molar-refractivity contribution in [2.24, 2.45) is 0 Å². The Bertz CT molecular complexity index is 614. The van der Waals surface area contributed by atoms with Crippen LogP contribution in [0.25, 0.3) is 0 Å². The fourth-order valence-electron chi connectivity index (χ4n) is 1.98. The molecule has 1 atom stereocenters. The number of nitrogens with one attached hydrogen (secondary N) is 1. The first-order valence-electron chi connectivity index (χ1n) is 7.19. The number of aromatic nitrogens is 1. The molecule has 0 saturated carbocycles. The minimum absolute atomic E-state index is 0.0683. The smallest absolute Gasteiger partial charge is 0.251 e. The number of nitrogens with zero attached hydrogens (tertiary/aromatic N) is 1. The Morgan fingerprint density at radius 3 is 2.68 bits per heavy atom. The molecule has 5 heteroatoms. The molecular formula is C17H20N2O3. The Hall–Kier alpha value is -2.40. The second-order valence-corrected chi connectivity index (χ2v) is 5.20. The summed E-state index contributed by atoms with van der Waals surface area (Å²) in [5, 5.41) is 12.9. The van der Waals surface area contributed by atoms with E-state index in [0.717, 1.165) is 0 Å². The lowest BCUT2D eigenvalue weighted by molar-refractivity contribution is 0.0916. The molecule has 0 saturated heterocycles. The molecule has 1 aromatic heterocycles. The number of amides is 1. The van der Waals surface area contributed by atoms with E-state index in [2.05, 4.69) is 10.3 Å². The molecule has 0 aliphatic heterocycles. The standard InChI is InChI=1S/C17H20N2O3/c1-12(2)22-15-5-3-4-14(10-15)16(20)11-19-17(21)13-6-8-18-9-7-13/h3-10,12,16,20H,11H2,1-2H3,(H,19,21). The SMILES string of the molecule is CC(C)Oc1cccc(C(O)CNC(=O)c2ccncc2)c1. The molecular weight excluding hydrogens is 280 g/mol. The number of pyridine rings is 1. The fraction of sp³-hybridized carbons (Fsp3) is 0.294. The first-order valence-corrected chi connectivity index (χ1v) is 7.19. The zero-order chi connectivity index (χ0) is 15.9. The van der Waals surface area contributed by atoms with Crippen molar-refractivity contribution in [1.82, 2.24) is 10.3 Å². The van der Waals surface area contributed by atoms with E-state index in [9.17, 15) is 9.90 Å². The summed E-state index contributed by atoms with van der Waals surface area (Å²) in [5.74, 6) is 0.461. The molecule has 0 aliphatic rings. The van der Waals surface area contributed by atoms with Crippen molar-refractivity contribution in [2.45, 2.75) is 26.1 Å². The van der Waals surface area contributed by atoms with Gasteiger partial charge < -0.3 is 15.2 Å². The van der Waals surface area contributed by atoms with Crippen LogP contribution < -0.4 is 10.1 Å². The number of hydrogen-bond acceptors (Lipinski definition) is 4. The topological polar surface area (TPSA) is 71.5 Å². The molecule has 1 heterocycles. The maximum Gasteiger partial charge on any atom is 0.251 e. The average molecular weight is 300 g/mol. The number of aliphatic hydroxyl groups excluding tert-OH is 1. The third-order valence-corrected chi connectivity index (χ3v) is 3.01. The molecule has 0 aliphatic carbocycles. The fourth-order valence-corrected chi connectivity index (χ4v) is 1.98. The maximum absolute atomic E-state index is 11.9. The molecule has 5 nitrogen and oxygen atoms in total. The van der Waals surface area contributed by atoms with Crippen molar-refractivity contribution in [1.29, 1.82) is 0 Å². The normalized spacial score (nSPS) is 12.0. The molecule has 1 unspecified atom stereocenters. The van der Waals surface area contributed by atoms with Gasteiger partial charge in [-0.2, -0.15) is 0 Å². The minimum atomic E-state index is -0.790. The van der Waals surface area contributed by atoms with Gasteiger partial charge in [0.1, 0.15) is 5.75 Å². The van der Waals surface area contributed by atoms with Gasteiger partial charge in [-0.15, -0.1) is 0 Å². The van der Waals surface area contributed by atoms with Crippen LogP contribution in [-0.2, 0) is 0 Å². The molecule has 0 radical (unpaired) electrons. The van der Waals surface area contributed by atoms with Crippen molar-refractivity contribution < 1.29 is 14.6 Å². The van der Waals surface area contributed by atoms with Crippen molar-refractivity contribution in [2.75, 3.05) is 6.54 Å². The summed E-state index contributed by atoms with van der Waals surface area (Å²) in [5.41, 5.74) is 1.22. The molecule has 1 aromatic carbocycles. The molecule has 2 N–H and O–H groups in total. The van der Waals surface area contributed by atoms with Crippen LogP contribution in [0.1, 0.15) is 35.9 Å². The molecule has 0 bridgehead atoms. The third-order valence-electron chi connectivity index (χ3n) is 3.01. The van der Waals surface area contributed by atoms with Crippen molar-refractivity contribution >= 4 is 5.91 Å². The van der Waals surface area contributed by atoms with Gasteiger partial charge in [0, 0.05) is 24.5 Å². The number of benzene rings is 1. The Balaban J connectivity index is 1.94. The van der Waals surface area contributed by atoms with Crippen LogP contribution in [0, 0.1) is 0 Å². The van der Waals surface area contributed by atoms with Crippen LogP contribution in [0.15, 0.2) is 48.8 Å². The van der Waals surface area contributed by atoms with Gasteiger partial charge in [-0.1, -0.05) is 12.1 Å². The Kier molecular flexibility index (Phi) is 5.49. The maximum atomic E-state index is 11.9. The number of carbonyl (C=O) groups excluding carboxylic acids is 1. The summed E-state index contributed by atoms with van der Waals surface area (Å²) in [6.07, 6.45) is 2.39. The summed E-state index contributed by atoms with van der Waals surface area (Å²) in [4.78, 5) is 15.8. The van der Waals surface area contributed by atoms with Crippen LogP contribution in [0.2, 0.25) is 0 Å². The largest absolute Gasteiger partial charge is 0.491 e. The molecule has 0 fully saturated rings. The first kappa shape index (κ1) is 16.0. The van der Waals surface area contributed by atoms with Gasteiger partial charge in [-0.05, 0) is 43.7 Å². The zero-order valence-corrected chi connectivity index (χ0v) is 12.7. The number of ether oxygens (including phenoxy) is 1. The molecule has 0 spiro atoms. The van der Waals surface area contributed by atoms with Gasteiger partial charge in [-0.3, -0.25) is 9.78 Å². The molecule has 2 aromatic rings. The second-order valence-electron chi connectivity index (χ2n) is 5.20. The van der Waals surface area contributed by atoms with E-state index in [0.29, 0.717) is 16.9 Å². The summed E-state index contributed by atoms with van der Waals surface area (Å²) in [6.45, 7) is 4.02. The van der Waals surface area contributed by atoms with E-state index in [1.807, 2.05) is 26.0 Å². The summed E-state index contributed by atoms with van der Waals surface area (Å²) >= 11 is 0. The Morgan fingerprint density at radius 2 is 2.00 bits per heavy atom. The van der Waals surface area contributed by atoms with E-state index in [-0.39, 0.29) is 18.6 Å². The number of hydrogen-bond donors (Lipinski definition) is 2.